The Labute approximate surface area is 103 Å². The molecule has 0 radical (unpaired) electrons. The van der Waals surface area contributed by atoms with Crippen LogP contribution in [0.2, 0.25) is 0 Å². The minimum absolute atomic E-state index is 0.0263. The zero-order valence-corrected chi connectivity index (χ0v) is 9.57. The Balaban J connectivity index is 2.84. The van der Waals surface area contributed by atoms with E-state index in [-0.39, 0.29) is 25.1 Å². The molecule has 98 valence electrons. The van der Waals surface area contributed by atoms with E-state index in [1.807, 2.05) is 0 Å². The molecule has 0 spiro atoms. The molecule has 7 heteroatoms. The summed E-state index contributed by atoms with van der Waals surface area (Å²) in [6.45, 7) is -0.339. The van der Waals surface area contributed by atoms with Crippen LogP contribution in [0.25, 0.3) is 10.4 Å². The third kappa shape index (κ3) is 3.68. The monoisotopic (exact) mass is 255 g/mol. The molecular weight excluding hydrogens is 241 g/mol. The van der Waals surface area contributed by atoms with Gasteiger partial charge >= 0.3 is 0 Å². The van der Waals surface area contributed by atoms with Crippen LogP contribution < -0.4 is 0 Å². The summed E-state index contributed by atoms with van der Waals surface area (Å²) in [6.07, 6.45) is -2.48. The molecule has 0 aliphatic heterocycles. The summed E-state index contributed by atoms with van der Waals surface area (Å²) >= 11 is 0. The van der Waals surface area contributed by atoms with Gasteiger partial charge in [0.15, 0.2) is 0 Å². The van der Waals surface area contributed by atoms with Gasteiger partial charge in [0.25, 0.3) is 0 Å². The van der Waals surface area contributed by atoms with Gasteiger partial charge in [-0.05, 0) is 35.2 Å². The van der Waals surface area contributed by atoms with Gasteiger partial charge in [-0.2, -0.15) is 0 Å². The first-order chi connectivity index (χ1) is 8.60. The molecule has 3 N–H and O–H groups in total. The van der Waals surface area contributed by atoms with Crippen molar-refractivity contribution in [1.29, 1.82) is 0 Å². The second-order valence-corrected chi connectivity index (χ2v) is 3.76. The average Bonchev–Trinajstić information content (AvgIpc) is 2.38. The topological polar surface area (TPSA) is 109 Å². The van der Waals surface area contributed by atoms with Gasteiger partial charge in [-0.15, -0.1) is 0 Å². The minimum Gasteiger partial charge on any atom is -0.392 e. The van der Waals surface area contributed by atoms with Crippen molar-refractivity contribution in [3.63, 3.8) is 0 Å². The second kappa shape index (κ2) is 6.93. The quantitative estimate of drug-likeness (QED) is 0.406. The van der Waals surface area contributed by atoms with E-state index >= 15 is 0 Å². The number of hydrogen-bond acceptors (Lipinski definition) is 4. The molecule has 0 aliphatic rings. The maximum atomic E-state index is 13.1. The van der Waals surface area contributed by atoms with Crippen molar-refractivity contribution < 1.29 is 19.7 Å². The maximum Gasteiger partial charge on any atom is 0.123 e. The fraction of sp³-hybridized carbons (Fsp3) is 0.455. The SMILES string of the molecule is [N-]=[N+]=NCCC(O)C(O)c1cc(F)ccc1CO. The number of azide groups is 1. The number of hydrogen-bond donors (Lipinski definition) is 3. The Bertz CT molecular complexity index is 449. The normalized spacial score (nSPS) is 13.8. The molecular formula is C11H14FN3O3. The van der Waals surface area contributed by atoms with E-state index in [4.69, 9.17) is 10.6 Å². The minimum atomic E-state index is -1.34. The van der Waals surface area contributed by atoms with Crippen molar-refractivity contribution in [2.24, 2.45) is 5.11 Å². The fourth-order valence-corrected chi connectivity index (χ4v) is 1.58. The zero-order valence-electron chi connectivity index (χ0n) is 9.57. The number of aliphatic hydroxyl groups is 3. The van der Waals surface area contributed by atoms with E-state index in [0.29, 0.717) is 5.56 Å². The summed E-state index contributed by atoms with van der Waals surface area (Å²) in [5.41, 5.74) is 8.55. The Morgan fingerprint density at radius 2 is 2.11 bits per heavy atom. The summed E-state index contributed by atoms with van der Waals surface area (Å²) in [6, 6.07) is 3.56. The van der Waals surface area contributed by atoms with Crippen molar-refractivity contribution in [2.75, 3.05) is 6.54 Å². The van der Waals surface area contributed by atoms with Gasteiger partial charge in [0.1, 0.15) is 11.9 Å². The largest absolute Gasteiger partial charge is 0.392 e. The second-order valence-electron chi connectivity index (χ2n) is 3.76. The van der Waals surface area contributed by atoms with E-state index in [2.05, 4.69) is 10.0 Å². The van der Waals surface area contributed by atoms with Crippen molar-refractivity contribution in [2.45, 2.75) is 25.2 Å². The van der Waals surface area contributed by atoms with Crippen LogP contribution in [-0.2, 0) is 6.61 Å². The highest BCUT2D eigenvalue weighted by molar-refractivity contribution is 5.30. The molecule has 1 aromatic carbocycles. The molecule has 0 saturated carbocycles. The lowest BCUT2D eigenvalue weighted by Gasteiger charge is -2.19. The summed E-state index contributed by atoms with van der Waals surface area (Å²) in [5, 5.41) is 31.8. The molecule has 1 rings (SSSR count). The van der Waals surface area contributed by atoms with Crippen molar-refractivity contribution in [3.05, 3.63) is 45.6 Å². The lowest BCUT2D eigenvalue weighted by atomic mass is 9.97. The smallest absolute Gasteiger partial charge is 0.123 e. The molecule has 0 bridgehead atoms. The predicted molar refractivity (Wildman–Crippen MR) is 61.9 cm³/mol. The molecule has 0 aliphatic carbocycles. The van der Waals surface area contributed by atoms with Crippen molar-refractivity contribution >= 4 is 0 Å². The molecule has 0 heterocycles. The lowest BCUT2D eigenvalue weighted by molar-refractivity contribution is 0.0138. The highest BCUT2D eigenvalue weighted by atomic mass is 19.1. The summed E-state index contributed by atoms with van der Waals surface area (Å²) in [5.74, 6) is -0.566. The summed E-state index contributed by atoms with van der Waals surface area (Å²) < 4.78 is 13.1. The van der Waals surface area contributed by atoms with Crippen LogP contribution in [0.15, 0.2) is 23.3 Å². The first kappa shape index (κ1) is 14.4. The van der Waals surface area contributed by atoms with Gasteiger partial charge in [-0.1, -0.05) is 11.2 Å². The van der Waals surface area contributed by atoms with E-state index in [0.717, 1.165) is 12.1 Å². The van der Waals surface area contributed by atoms with Crippen LogP contribution >= 0.6 is 0 Å². The molecule has 6 nitrogen and oxygen atoms in total. The van der Waals surface area contributed by atoms with Crippen LogP contribution in [0.1, 0.15) is 23.7 Å². The number of aliphatic hydroxyl groups excluding tert-OH is 3. The summed E-state index contributed by atoms with van der Waals surface area (Å²) in [7, 11) is 0. The molecule has 1 aromatic rings. The lowest BCUT2D eigenvalue weighted by Crippen LogP contribution is -2.20. The van der Waals surface area contributed by atoms with Gasteiger partial charge < -0.3 is 15.3 Å². The van der Waals surface area contributed by atoms with Crippen LogP contribution in [0.4, 0.5) is 4.39 Å². The first-order valence-electron chi connectivity index (χ1n) is 5.36. The van der Waals surface area contributed by atoms with Crippen molar-refractivity contribution in [1.82, 2.24) is 0 Å². The Morgan fingerprint density at radius 1 is 1.39 bits per heavy atom. The van der Waals surface area contributed by atoms with Gasteiger partial charge in [0, 0.05) is 11.5 Å². The molecule has 0 amide bonds. The van der Waals surface area contributed by atoms with Crippen LogP contribution in [-0.4, -0.2) is 28.0 Å². The molecule has 2 unspecified atom stereocenters. The third-order valence-electron chi connectivity index (χ3n) is 2.55. The predicted octanol–water partition coefficient (Wildman–Crippen LogP) is 1.41. The van der Waals surface area contributed by atoms with E-state index < -0.39 is 18.0 Å². The number of nitrogens with zero attached hydrogens (tertiary/aromatic N) is 3. The zero-order chi connectivity index (χ0) is 13.5. The molecule has 0 saturated heterocycles. The van der Waals surface area contributed by atoms with Crippen LogP contribution in [0.5, 0.6) is 0 Å². The number of rotatable bonds is 6. The van der Waals surface area contributed by atoms with Gasteiger partial charge in [0.05, 0.1) is 12.7 Å². The average molecular weight is 255 g/mol. The highest BCUT2D eigenvalue weighted by Crippen LogP contribution is 2.24. The summed E-state index contributed by atoms with van der Waals surface area (Å²) in [4.78, 5) is 2.52. The molecule has 0 aromatic heterocycles. The van der Waals surface area contributed by atoms with E-state index in [1.54, 1.807) is 0 Å². The van der Waals surface area contributed by atoms with Gasteiger partial charge in [0.2, 0.25) is 0 Å². The number of benzene rings is 1. The molecule has 18 heavy (non-hydrogen) atoms. The number of halogens is 1. The Hall–Kier alpha value is -1.66. The molecule has 2 atom stereocenters. The van der Waals surface area contributed by atoms with Gasteiger partial charge in [-0.3, -0.25) is 0 Å². The van der Waals surface area contributed by atoms with Crippen molar-refractivity contribution in [3.8, 4) is 0 Å². The van der Waals surface area contributed by atoms with Crippen LogP contribution in [0, 0.1) is 5.82 Å². The Kier molecular flexibility index (Phi) is 5.54. The highest BCUT2D eigenvalue weighted by Gasteiger charge is 2.21. The Morgan fingerprint density at radius 3 is 2.72 bits per heavy atom. The standard InChI is InChI=1S/C11H14FN3O3/c12-8-2-1-7(6-16)9(5-8)11(18)10(17)3-4-14-15-13/h1-2,5,10-11,16-18H,3-4,6H2. The molecule has 0 fully saturated rings. The maximum absolute atomic E-state index is 13.1. The van der Waals surface area contributed by atoms with E-state index in [1.165, 1.54) is 6.07 Å². The van der Waals surface area contributed by atoms with E-state index in [9.17, 15) is 14.6 Å². The third-order valence-corrected chi connectivity index (χ3v) is 2.55. The van der Waals surface area contributed by atoms with Crippen LogP contribution in [0.3, 0.4) is 0 Å². The van der Waals surface area contributed by atoms with Gasteiger partial charge in [-0.25, -0.2) is 4.39 Å². The first-order valence-corrected chi connectivity index (χ1v) is 5.36. The fourth-order valence-electron chi connectivity index (χ4n) is 1.58.